The smallest absolute Gasteiger partial charge is 0.203 e. The van der Waals surface area contributed by atoms with Gasteiger partial charge in [-0.3, -0.25) is 4.90 Å². The van der Waals surface area contributed by atoms with E-state index in [9.17, 15) is 0 Å². The third-order valence-corrected chi connectivity index (χ3v) is 6.18. The van der Waals surface area contributed by atoms with Gasteiger partial charge < -0.3 is 19.1 Å². The number of aromatic nitrogens is 4. The van der Waals surface area contributed by atoms with Crippen molar-refractivity contribution in [2.75, 3.05) is 52.4 Å². The predicted octanol–water partition coefficient (Wildman–Crippen LogP) is 3.37. The highest BCUT2D eigenvalue weighted by atomic mass is 16.5. The second-order valence-corrected chi connectivity index (χ2v) is 9.34. The first-order chi connectivity index (χ1) is 16.4. The number of rotatable bonds is 7. The lowest BCUT2D eigenvalue weighted by Gasteiger charge is -2.40. The minimum Gasteiger partial charge on any atom is -0.493 e. The molecule has 0 bridgehead atoms. The number of hydrogen-bond acceptors (Lipinski definition) is 8. The van der Waals surface area contributed by atoms with Crippen molar-refractivity contribution < 1.29 is 14.2 Å². The molecule has 1 fully saturated rings. The summed E-state index contributed by atoms with van der Waals surface area (Å²) in [7, 11) is 4.88. The first-order valence-corrected chi connectivity index (χ1v) is 11.5. The van der Waals surface area contributed by atoms with Crippen LogP contribution in [0.15, 0.2) is 42.5 Å². The summed E-state index contributed by atoms with van der Waals surface area (Å²) in [5, 5.41) is 12.9. The number of tetrazole rings is 1. The summed E-state index contributed by atoms with van der Waals surface area (Å²) in [6.45, 7) is 9.83. The summed E-state index contributed by atoms with van der Waals surface area (Å²) in [6, 6.07) is 14.3. The lowest BCUT2D eigenvalue weighted by atomic mass is 10.00. The van der Waals surface area contributed by atoms with E-state index in [1.807, 2.05) is 22.9 Å². The van der Waals surface area contributed by atoms with Gasteiger partial charge in [0.15, 0.2) is 17.3 Å². The summed E-state index contributed by atoms with van der Waals surface area (Å²) in [5.41, 5.74) is 1.96. The Morgan fingerprint density at radius 2 is 1.47 bits per heavy atom. The number of para-hydroxylation sites is 1. The Hall–Kier alpha value is -3.33. The maximum absolute atomic E-state index is 5.66. The molecule has 0 radical (unpaired) electrons. The number of methoxy groups -OCH3 is 3. The van der Waals surface area contributed by atoms with E-state index in [1.165, 1.54) is 5.69 Å². The van der Waals surface area contributed by atoms with Crippen molar-refractivity contribution in [1.82, 2.24) is 25.1 Å². The Morgan fingerprint density at radius 3 is 2.00 bits per heavy atom. The summed E-state index contributed by atoms with van der Waals surface area (Å²) in [5.74, 6) is 2.57. The van der Waals surface area contributed by atoms with Crippen LogP contribution in [-0.4, -0.2) is 72.6 Å². The van der Waals surface area contributed by atoms with Crippen molar-refractivity contribution in [3.8, 4) is 17.2 Å². The van der Waals surface area contributed by atoms with Crippen molar-refractivity contribution in [2.24, 2.45) is 0 Å². The molecule has 0 amide bonds. The summed E-state index contributed by atoms with van der Waals surface area (Å²) in [6.07, 6.45) is 0. The van der Waals surface area contributed by atoms with Gasteiger partial charge in [0.05, 0.1) is 32.9 Å². The van der Waals surface area contributed by atoms with E-state index in [4.69, 9.17) is 14.2 Å². The molecule has 34 heavy (non-hydrogen) atoms. The molecule has 0 saturated carbocycles. The fourth-order valence-electron chi connectivity index (χ4n) is 4.50. The van der Waals surface area contributed by atoms with Gasteiger partial charge in [-0.25, -0.2) is 4.68 Å². The minimum absolute atomic E-state index is 0.180. The molecule has 9 heteroatoms. The highest BCUT2D eigenvalue weighted by Crippen LogP contribution is 2.42. The fourth-order valence-corrected chi connectivity index (χ4v) is 4.50. The Balaban J connectivity index is 1.75. The zero-order chi connectivity index (χ0) is 24.3. The second-order valence-electron chi connectivity index (χ2n) is 9.34. The predicted molar refractivity (Wildman–Crippen MR) is 131 cm³/mol. The van der Waals surface area contributed by atoms with Crippen molar-refractivity contribution in [3.63, 3.8) is 0 Å². The second kappa shape index (κ2) is 9.89. The van der Waals surface area contributed by atoms with E-state index < -0.39 is 0 Å². The van der Waals surface area contributed by atoms with Gasteiger partial charge in [0, 0.05) is 31.9 Å². The monoisotopic (exact) mass is 466 g/mol. The zero-order valence-electron chi connectivity index (χ0n) is 20.9. The molecule has 3 aromatic rings. The van der Waals surface area contributed by atoms with Gasteiger partial charge in [-0.15, -0.1) is 5.10 Å². The molecule has 1 atom stereocenters. The van der Waals surface area contributed by atoms with Crippen LogP contribution >= 0.6 is 0 Å². The van der Waals surface area contributed by atoms with E-state index in [0.717, 1.165) is 37.6 Å². The van der Waals surface area contributed by atoms with Gasteiger partial charge in [0.25, 0.3) is 0 Å². The van der Waals surface area contributed by atoms with Crippen LogP contribution < -0.4 is 19.1 Å². The normalized spacial score (nSPS) is 15.8. The molecular formula is C25H34N6O3. The molecule has 1 saturated heterocycles. The molecule has 2 heterocycles. The maximum atomic E-state index is 5.66. The van der Waals surface area contributed by atoms with Crippen LogP contribution in [0, 0.1) is 0 Å². The molecule has 182 valence electrons. The minimum atomic E-state index is -0.274. The first kappa shape index (κ1) is 23.8. The Bertz CT molecular complexity index is 1060. The van der Waals surface area contributed by atoms with Crippen LogP contribution in [0.2, 0.25) is 0 Å². The molecule has 1 aromatic heterocycles. The van der Waals surface area contributed by atoms with E-state index in [2.05, 4.69) is 70.4 Å². The fraction of sp³-hybridized carbons (Fsp3) is 0.480. The Kier molecular flexibility index (Phi) is 6.92. The van der Waals surface area contributed by atoms with Crippen molar-refractivity contribution in [1.29, 1.82) is 0 Å². The summed E-state index contributed by atoms with van der Waals surface area (Å²) in [4.78, 5) is 4.84. The van der Waals surface area contributed by atoms with E-state index in [1.54, 1.807) is 21.3 Å². The lowest BCUT2D eigenvalue weighted by Crippen LogP contribution is -2.48. The highest BCUT2D eigenvalue weighted by Gasteiger charge is 2.34. The SMILES string of the molecule is COc1cc([C@H](c2nnnn2C(C)(C)C)N2CCN(c3ccccc3)CC2)cc(OC)c1OC. The number of anilines is 1. The van der Waals surface area contributed by atoms with Gasteiger partial charge in [-0.1, -0.05) is 18.2 Å². The van der Waals surface area contributed by atoms with E-state index in [-0.39, 0.29) is 11.6 Å². The molecule has 2 aromatic carbocycles. The summed E-state index contributed by atoms with van der Waals surface area (Å²) >= 11 is 0. The van der Waals surface area contributed by atoms with Crippen LogP contribution in [0.5, 0.6) is 17.2 Å². The van der Waals surface area contributed by atoms with Gasteiger partial charge in [-0.05, 0) is 61.0 Å². The third-order valence-electron chi connectivity index (χ3n) is 6.18. The van der Waals surface area contributed by atoms with Crippen molar-refractivity contribution in [3.05, 3.63) is 53.9 Å². The van der Waals surface area contributed by atoms with Crippen molar-refractivity contribution >= 4 is 5.69 Å². The molecule has 0 aliphatic carbocycles. The molecule has 9 nitrogen and oxygen atoms in total. The van der Waals surface area contributed by atoms with Crippen molar-refractivity contribution in [2.45, 2.75) is 32.4 Å². The quantitative estimate of drug-likeness (QED) is 0.525. The maximum Gasteiger partial charge on any atom is 0.203 e. The van der Waals surface area contributed by atoms with Crippen LogP contribution in [0.4, 0.5) is 5.69 Å². The van der Waals surface area contributed by atoms with Crippen LogP contribution in [0.3, 0.4) is 0 Å². The molecule has 1 aliphatic heterocycles. The summed E-state index contributed by atoms with van der Waals surface area (Å²) < 4.78 is 18.8. The molecule has 1 aliphatic rings. The highest BCUT2D eigenvalue weighted by molar-refractivity contribution is 5.55. The van der Waals surface area contributed by atoms with Crippen LogP contribution in [0.25, 0.3) is 0 Å². The van der Waals surface area contributed by atoms with Gasteiger partial charge in [-0.2, -0.15) is 0 Å². The number of nitrogens with zero attached hydrogens (tertiary/aromatic N) is 6. The van der Waals surface area contributed by atoms with E-state index in [0.29, 0.717) is 17.2 Å². The molecule has 4 rings (SSSR count). The number of piperazine rings is 1. The topological polar surface area (TPSA) is 77.8 Å². The molecule has 0 spiro atoms. The standard InChI is InChI=1S/C25H34N6O3/c1-25(2,3)31-24(26-27-28-31)22(18-16-20(32-4)23(34-6)21(17-18)33-5)30-14-12-29(13-15-30)19-10-8-7-9-11-19/h7-11,16-17,22H,12-15H2,1-6H3/t22-/m1/s1. The Morgan fingerprint density at radius 1 is 0.853 bits per heavy atom. The zero-order valence-corrected chi connectivity index (χ0v) is 20.9. The number of ether oxygens (including phenoxy) is 3. The number of benzene rings is 2. The van der Waals surface area contributed by atoms with Gasteiger partial charge >= 0.3 is 0 Å². The molecule has 0 unspecified atom stereocenters. The lowest BCUT2D eigenvalue weighted by molar-refractivity contribution is 0.190. The first-order valence-electron chi connectivity index (χ1n) is 11.5. The Labute approximate surface area is 201 Å². The third kappa shape index (κ3) is 4.65. The molecule has 0 N–H and O–H groups in total. The van der Waals surface area contributed by atoms with E-state index >= 15 is 0 Å². The van der Waals surface area contributed by atoms with Gasteiger partial charge in [0.1, 0.15) is 0 Å². The largest absolute Gasteiger partial charge is 0.493 e. The molecular weight excluding hydrogens is 432 g/mol. The average Bonchev–Trinajstić information content (AvgIpc) is 3.34. The van der Waals surface area contributed by atoms with Gasteiger partial charge in [0.2, 0.25) is 5.75 Å². The van der Waals surface area contributed by atoms with Crippen LogP contribution in [-0.2, 0) is 5.54 Å². The number of hydrogen-bond donors (Lipinski definition) is 0. The van der Waals surface area contributed by atoms with Crippen LogP contribution in [0.1, 0.15) is 38.2 Å². The average molecular weight is 467 g/mol.